The number of rotatable bonds is 11. The average Bonchev–Trinajstić information content (AvgIpc) is 2.93. The van der Waals surface area contributed by atoms with Crippen LogP contribution >= 0.6 is 0 Å². The van der Waals surface area contributed by atoms with Crippen LogP contribution in [0.5, 0.6) is 11.5 Å². The molecule has 0 saturated heterocycles. The SMILES string of the molecule is CCOc1cc(/C=N\NC(=O)C(=O)NCc2ccc(C(C)C)cc2)ccc1OCC(=O)Nc1ccc(C)cc1C. The molecule has 9 heteroatoms. The number of carbonyl (C=O) groups is 3. The molecule has 3 aromatic rings. The molecular weight excluding hydrogens is 508 g/mol. The standard InChI is InChI=1S/C31H36N4O5/c1-6-39-28-16-24(10-14-27(28)40-19-29(36)34-26-13-7-21(4)15-22(26)5)18-33-35-31(38)30(37)32-17-23-8-11-25(12-9-23)20(2)3/h7-16,18,20H,6,17,19H2,1-5H3,(H,32,37)(H,34,36)(H,35,38)/b33-18-. The van der Waals surface area contributed by atoms with E-state index in [1.54, 1.807) is 18.2 Å². The Balaban J connectivity index is 1.51. The van der Waals surface area contributed by atoms with Crippen LogP contribution in [-0.4, -0.2) is 37.1 Å². The maximum absolute atomic E-state index is 12.4. The van der Waals surface area contributed by atoms with E-state index in [1.807, 2.05) is 63.2 Å². The number of anilines is 1. The second kappa shape index (κ2) is 14.5. The van der Waals surface area contributed by atoms with E-state index in [0.717, 1.165) is 22.4 Å². The van der Waals surface area contributed by atoms with Gasteiger partial charge in [-0.2, -0.15) is 5.10 Å². The first-order valence-electron chi connectivity index (χ1n) is 13.1. The number of hydrazone groups is 1. The molecule has 3 N–H and O–H groups in total. The largest absolute Gasteiger partial charge is 0.490 e. The fraction of sp³-hybridized carbons (Fsp3) is 0.290. The van der Waals surface area contributed by atoms with Crippen LogP contribution in [0.25, 0.3) is 0 Å². The molecule has 0 aliphatic rings. The van der Waals surface area contributed by atoms with E-state index in [2.05, 4.69) is 35.0 Å². The molecule has 0 heterocycles. The Morgan fingerprint density at radius 3 is 2.33 bits per heavy atom. The van der Waals surface area contributed by atoms with Crippen LogP contribution in [0.15, 0.2) is 65.8 Å². The number of benzene rings is 3. The van der Waals surface area contributed by atoms with Gasteiger partial charge in [-0.25, -0.2) is 5.43 Å². The molecule has 40 heavy (non-hydrogen) atoms. The van der Waals surface area contributed by atoms with E-state index in [-0.39, 0.29) is 19.1 Å². The third kappa shape index (κ3) is 8.97. The number of ether oxygens (including phenoxy) is 2. The van der Waals surface area contributed by atoms with Gasteiger partial charge in [0.1, 0.15) is 0 Å². The molecule has 210 valence electrons. The quantitative estimate of drug-likeness (QED) is 0.185. The molecule has 0 saturated carbocycles. The summed E-state index contributed by atoms with van der Waals surface area (Å²) >= 11 is 0. The van der Waals surface area contributed by atoms with Crippen LogP contribution < -0.4 is 25.5 Å². The monoisotopic (exact) mass is 544 g/mol. The molecule has 0 atom stereocenters. The van der Waals surface area contributed by atoms with Crippen molar-refractivity contribution in [3.05, 3.63) is 88.5 Å². The third-order valence-electron chi connectivity index (χ3n) is 5.97. The van der Waals surface area contributed by atoms with Crippen LogP contribution in [0.1, 0.15) is 54.5 Å². The molecule has 0 fully saturated rings. The minimum Gasteiger partial charge on any atom is -0.490 e. The molecule has 9 nitrogen and oxygen atoms in total. The number of carbonyl (C=O) groups excluding carboxylic acids is 3. The molecule has 0 unspecified atom stereocenters. The van der Waals surface area contributed by atoms with E-state index in [0.29, 0.717) is 29.6 Å². The Kier molecular flexibility index (Phi) is 10.8. The average molecular weight is 545 g/mol. The Hall–Kier alpha value is -4.66. The minimum atomic E-state index is -0.880. The summed E-state index contributed by atoms with van der Waals surface area (Å²) < 4.78 is 11.3. The molecular formula is C31H36N4O5. The predicted octanol–water partition coefficient (Wildman–Crippen LogP) is 4.61. The van der Waals surface area contributed by atoms with E-state index in [9.17, 15) is 14.4 Å². The maximum Gasteiger partial charge on any atom is 0.329 e. The summed E-state index contributed by atoms with van der Waals surface area (Å²) in [5.41, 5.74) is 7.72. The van der Waals surface area contributed by atoms with Crippen molar-refractivity contribution >= 4 is 29.6 Å². The summed E-state index contributed by atoms with van der Waals surface area (Å²) in [6.45, 7) is 10.4. The van der Waals surface area contributed by atoms with Gasteiger partial charge >= 0.3 is 11.8 Å². The van der Waals surface area contributed by atoms with Crippen molar-refractivity contribution in [2.45, 2.75) is 47.1 Å². The van der Waals surface area contributed by atoms with Crippen molar-refractivity contribution in [1.82, 2.24) is 10.7 Å². The lowest BCUT2D eigenvalue weighted by atomic mass is 10.0. The van der Waals surface area contributed by atoms with Gasteiger partial charge in [0.2, 0.25) is 0 Å². The van der Waals surface area contributed by atoms with Crippen LogP contribution in [-0.2, 0) is 20.9 Å². The highest BCUT2D eigenvalue weighted by molar-refractivity contribution is 6.35. The summed E-state index contributed by atoms with van der Waals surface area (Å²) in [6, 6.07) is 18.6. The van der Waals surface area contributed by atoms with Crippen LogP contribution in [0.2, 0.25) is 0 Å². The van der Waals surface area contributed by atoms with Crippen molar-refractivity contribution in [2.24, 2.45) is 5.10 Å². The summed E-state index contributed by atoms with van der Waals surface area (Å²) in [5.74, 6) is -0.745. The molecule has 0 aromatic heterocycles. The number of aryl methyl sites for hydroxylation is 2. The highest BCUT2D eigenvalue weighted by Crippen LogP contribution is 2.28. The van der Waals surface area contributed by atoms with Gasteiger partial charge in [-0.1, -0.05) is 55.8 Å². The number of hydrogen-bond acceptors (Lipinski definition) is 6. The zero-order chi connectivity index (χ0) is 29.1. The van der Waals surface area contributed by atoms with E-state index >= 15 is 0 Å². The Morgan fingerprint density at radius 1 is 0.900 bits per heavy atom. The zero-order valence-corrected chi connectivity index (χ0v) is 23.5. The molecule has 3 aromatic carbocycles. The lowest BCUT2D eigenvalue weighted by Crippen LogP contribution is -2.37. The van der Waals surface area contributed by atoms with Gasteiger partial charge in [-0.3, -0.25) is 14.4 Å². The second-order valence-corrected chi connectivity index (χ2v) is 9.57. The first-order valence-corrected chi connectivity index (χ1v) is 13.1. The van der Waals surface area contributed by atoms with E-state index < -0.39 is 11.8 Å². The maximum atomic E-state index is 12.4. The fourth-order valence-electron chi connectivity index (χ4n) is 3.78. The lowest BCUT2D eigenvalue weighted by molar-refractivity contribution is -0.139. The zero-order valence-electron chi connectivity index (χ0n) is 23.5. The lowest BCUT2D eigenvalue weighted by Gasteiger charge is -2.13. The molecule has 0 bridgehead atoms. The molecule has 3 rings (SSSR count). The number of amides is 3. The summed E-state index contributed by atoms with van der Waals surface area (Å²) in [4.78, 5) is 36.7. The van der Waals surface area contributed by atoms with Gasteiger partial charge in [0.25, 0.3) is 5.91 Å². The van der Waals surface area contributed by atoms with Gasteiger partial charge < -0.3 is 20.1 Å². The van der Waals surface area contributed by atoms with Crippen molar-refractivity contribution in [2.75, 3.05) is 18.5 Å². The van der Waals surface area contributed by atoms with Gasteiger partial charge in [0.15, 0.2) is 18.1 Å². The molecule has 3 amide bonds. The Morgan fingerprint density at radius 2 is 1.65 bits per heavy atom. The third-order valence-corrected chi connectivity index (χ3v) is 5.97. The number of hydrogen-bond donors (Lipinski definition) is 3. The molecule has 0 radical (unpaired) electrons. The summed E-state index contributed by atoms with van der Waals surface area (Å²) in [6.07, 6.45) is 1.38. The highest BCUT2D eigenvalue weighted by Gasteiger charge is 2.13. The summed E-state index contributed by atoms with van der Waals surface area (Å²) in [5, 5.41) is 9.29. The van der Waals surface area contributed by atoms with E-state index in [1.165, 1.54) is 11.8 Å². The molecule has 0 aliphatic carbocycles. The van der Waals surface area contributed by atoms with Gasteiger partial charge in [-0.05, 0) is 73.2 Å². The molecule has 0 aliphatic heterocycles. The van der Waals surface area contributed by atoms with Crippen molar-refractivity contribution in [1.29, 1.82) is 0 Å². The normalized spacial score (nSPS) is 10.8. The Labute approximate surface area is 235 Å². The fourth-order valence-corrected chi connectivity index (χ4v) is 3.78. The van der Waals surface area contributed by atoms with Crippen molar-refractivity contribution in [3.63, 3.8) is 0 Å². The second-order valence-electron chi connectivity index (χ2n) is 9.57. The van der Waals surface area contributed by atoms with Gasteiger partial charge in [-0.15, -0.1) is 0 Å². The summed E-state index contributed by atoms with van der Waals surface area (Å²) in [7, 11) is 0. The van der Waals surface area contributed by atoms with Gasteiger partial charge in [0, 0.05) is 12.2 Å². The highest BCUT2D eigenvalue weighted by atomic mass is 16.5. The molecule has 0 spiro atoms. The van der Waals surface area contributed by atoms with E-state index in [4.69, 9.17) is 9.47 Å². The van der Waals surface area contributed by atoms with Crippen molar-refractivity contribution < 1.29 is 23.9 Å². The minimum absolute atomic E-state index is 0.201. The smallest absolute Gasteiger partial charge is 0.329 e. The number of nitrogens with one attached hydrogen (secondary N) is 3. The van der Waals surface area contributed by atoms with Gasteiger partial charge in [0.05, 0.1) is 12.8 Å². The van der Waals surface area contributed by atoms with Crippen molar-refractivity contribution in [3.8, 4) is 11.5 Å². The topological polar surface area (TPSA) is 118 Å². The predicted molar refractivity (Wildman–Crippen MR) is 156 cm³/mol. The first kappa shape index (κ1) is 29.9. The van der Waals surface area contributed by atoms with Crippen LogP contribution in [0.4, 0.5) is 5.69 Å². The van der Waals surface area contributed by atoms with Crippen LogP contribution in [0, 0.1) is 13.8 Å². The Bertz CT molecular complexity index is 1370. The first-order chi connectivity index (χ1) is 19.2. The number of nitrogens with zero attached hydrogens (tertiary/aromatic N) is 1. The van der Waals surface area contributed by atoms with Crippen LogP contribution in [0.3, 0.4) is 0 Å².